The quantitative estimate of drug-likeness (QED) is 0.672. The van der Waals surface area contributed by atoms with Crippen LogP contribution in [0.15, 0.2) is 42.5 Å². The molecule has 0 aromatic heterocycles. The van der Waals surface area contributed by atoms with Gasteiger partial charge in [0.15, 0.2) is 0 Å². The molecule has 0 radical (unpaired) electrons. The summed E-state index contributed by atoms with van der Waals surface area (Å²) in [4.78, 5) is 0. The van der Waals surface area contributed by atoms with E-state index in [-0.39, 0.29) is 12.6 Å². The van der Waals surface area contributed by atoms with Gasteiger partial charge in [-0.05, 0) is 55.0 Å². The van der Waals surface area contributed by atoms with Crippen molar-refractivity contribution in [3.63, 3.8) is 0 Å². The van der Waals surface area contributed by atoms with E-state index < -0.39 is 6.10 Å². The largest absolute Gasteiger partial charge is 0.491 e. The average molecular weight is 356 g/mol. The van der Waals surface area contributed by atoms with Crippen LogP contribution in [0, 0.1) is 13.8 Å². The summed E-state index contributed by atoms with van der Waals surface area (Å²) >= 11 is 0. The minimum atomic E-state index is -0.542. The van der Waals surface area contributed by atoms with E-state index in [2.05, 4.69) is 76.3 Å². The van der Waals surface area contributed by atoms with Gasteiger partial charge in [0.05, 0.1) is 0 Å². The van der Waals surface area contributed by atoms with E-state index in [1.165, 1.54) is 22.3 Å². The molecule has 2 aromatic rings. The van der Waals surface area contributed by atoms with Crippen molar-refractivity contribution in [2.45, 2.75) is 59.1 Å². The highest BCUT2D eigenvalue weighted by Gasteiger charge is 2.12. The van der Waals surface area contributed by atoms with Crippen LogP contribution in [0.4, 0.5) is 0 Å². The number of aliphatic hydroxyl groups excluding tert-OH is 1. The zero-order valence-corrected chi connectivity index (χ0v) is 16.8. The first kappa shape index (κ1) is 20.5. The monoisotopic (exact) mass is 355 g/mol. The van der Waals surface area contributed by atoms with Gasteiger partial charge in [-0.3, -0.25) is 0 Å². The van der Waals surface area contributed by atoms with Crippen LogP contribution in [-0.4, -0.2) is 24.4 Å². The lowest BCUT2D eigenvalue weighted by Crippen LogP contribution is -2.33. The van der Waals surface area contributed by atoms with Crippen molar-refractivity contribution >= 4 is 0 Å². The molecular formula is C23H33NO2. The third kappa shape index (κ3) is 5.86. The van der Waals surface area contributed by atoms with Crippen LogP contribution in [0.5, 0.6) is 5.75 Å². The second-order valence-corrected chi connectivity index (χ2v) is 7.42. The highest BCUT2D eigenvalue weighted by Crippen LogP contribution is 2.23. The normalized spacial score (nSPS) is 13.7. The molecule has 2 aromatic carbocycles. The van der Waals surface area contributed by atoms with Crippen LogP contribution in [0.3, 0.4) is 0 Å². The van der Waals surface area contributed by atoms with Crippen LogP contribution in [-0.2, 0) is 0 Å². The van der Waals surface area contributed by atoms with E-state index in [0.29, 0.717) is 12.5 Å². The summed E-state index contributed by atoms with van der Waals surface area (Å²) in [6.07, 6.45) is 0.437. The Balaban J connectivity index is 1.83. The fourth-order valence-electron chi connectivity index (χ4n) is 3.21. The molecule has 3 nitrogen and oxygen atoms in total. The molecule has 0 spiro atoms. The Morgan fingerprint density at radius 1 is 1.04 bits per heavy atom. The maximum absolute atomic E-state index is 10.3. The third-order valence-corrected chi connectivity index (χ3v) is 4.79. The molecule has 2 rings (SSSR count). The fraction of sp³-hybridized carbons (Fsp3) is 0.478. The van der Waals surface area contributed by atoms with Crippen molar-refractivity contribution < 1.29 is 9.84 Å². The van der Waals surface area contributed by atoms with Gasteiger partial charge in [0.25, 0.3) is 0 Å². The Hall–Kier alpha value is -1.84. The standard InChI is InChI=1S/C23H33NO2/c1-6-23(19-9-7-17(4)8-10-19)24-14-20(25)15-26-21-11-12-22(16(2)3)18(5)13-21/h7-13,16,20,23-25H,6,14-15H2,1-5H3. The highest BCUT2D eigenvalue weighted by atomic mass is 16.5. The summed E-state index contributed by atoms with van der Waals surface area (Å²) in [7, 11) is 0. The lowest BCUT2D eigenvalue weighted by atomic mass is 9.98. The summed E-state index contributed by atoms with van der Waals surface area (Å²) in [5.41, 5.74) is 5.08. The minimum Gasteiger partial charge on any atom is -0.491 e. The van der Waals surface area contributed by atoms with Crippen LogP contribution < -0.4 is 10.1 Å². The fourth-order valence-corrected chi connectivity index (χ4v) is 3.21. The molecular weight excluding hydrogens is 322 g/mol. The average Bonchev–Trinajstić information content (AvgIpc) is 2.61. The molecule has 2 unspecified atom stereocenters. The summed E-state index contributed by atoms with van der Waals surface area (Å²) < 4.78 is 5.78. The summed E-state index contributed by atoms with van der Waals surface area (Å²) in [6.45, 7) is 11.5. The van der Waals surface area contributed by atoms with E-state index in [1.54, 1.807) is 0 Å². The Labute approximate surface area is 158 Å². The van der Waals surface area contributed by atoms with Crippen LogP contribution in [0.25, 0.3) is 0 Å². The first-order valence-electron chi connectivity index (χ1n) is 9.62. The van der Waals surface area contributed by atoms with Gasteiger partial charge in [-0.25, -0.2) is 0 Å². The molecule has 0 aliphatic rings. The van der Waals surface area contributed by atoms with Crippen molar-refractivity contribution in [1.29, 1.82) is 0 Å². The molecule has 0 amide bonds. The van der Waals surface area contributed by atoms with E-state index in [0.717, 1.165) is 12.2 Å². The summed E-state index contributed by atoms with van der Waals surface area (Å²) in [5.74, 6) is 1.32. The van der Waals surface area contributed by atoms with E-state index in [9.17, 15) is 5.11 Å². The highest BCUT2D eigenvalue weighted by molar-refractivity contribution is 5.36. The number of hydrogen-bond donors (Lipinski definition) is 2. The van der Waals surface area contributed by atoms with Crippen LogP contribution in [0.2, 0.25) is 0 Å². The van der Waals surface area contributed by atoms with E-state index in [4.69, 9.17) is 4.74 Å². The van der Waals surface area contributed by atoms with Crippen LogP contribution in [0.1, 0.15) is 61.4 Å². The lowest BCUT2D eigenvalue weighted by Gasteiger charge is -2.20. The van der Waals surface area contributed by atoms with Crippen LogP contribution >= 0.6 is 0 Å². The Morgan fingerprint density at radius 3 is 2.31 bits per heavy atom. The zero-order valence-electron chi connectivity index (χ0n) is 16.8. The topological polar surface area (TPSA) is 41.5 Å². The zero-order chi connectivity index (χ0) is 19.1. The van der Waals surface area contributed by atoms with Gasteiger partial charge in [-0.15, -0.1) is 0 Å². The molecule has 2 atom stereocenters. The van der Waals surface area contributed by atoms with E-state index >= 15 is 0 Å². The SMILES string of the molecule is CCC(NCC(O)COc1ccc(C(C)C)c(C)c1)c1ccc(C)cc1. The van der Waals surface area contributed by atoms with Gasteiger partial charge < -0.3 is 15.2 Å². The number of benzene rings is 2. The van der Waals surface area contributed by atoms with Crippen molar-refractivity contribution in [1.82, 2.24) is 5.32 Å². The van der Waals surface area contributed by atoms with Gasteiger partial charge in [-0.1, -0.05) is 56.7 Å². The molecule has 2 N–H and O–H groups in total. The summed E-state index contributed by atoms with van der Waals surface area (Å²) in [6, 6.07) is 15.0. The number of rotatable bonds is 9. The molecule has 142 valence electrons. The Kier molecular flexibility index (Phi) is 7.67. The van der Waals surface area contributed by atoms with Crippen molar-refractivity contribution in [3.05, 3.63) is 64.7 Å². The molecule has 0 bridgehead atoms. The van der Waals surface area contributed by atoms with Crippen molar-refractivity contribution in [2.75, 3.05) is 13.2 Å². The number of ether oxygens (including phenoxy) is 1. The maximum atomic E-state index is 10.3. The Bertz CT molecular complexity index is 679. The molecule has 0 saturated heterocycles. The molecule has 3 heteroatoms. The second kappa shape index (κ2) is 9.75. The smallest absolute Gasteiger partial charge is 0.119 e. The van der Waals surface area contributed by atoms with Gasteiger partial charge in [0.1, 0.15) is 18.5 Å². The summed E-state index contributed by atoms with van der Waals surface area (Å²) in [5, 5.41) is 13.7. The van der Waals surface area contributed by atoms with Crippen molar-refractivity contribution in [3.8, 4) is 5.75 Å². The van der Waals surface area contributed by atoms with Gasteiger partial charge in [0, 0.05) is 12.6 Å². The van der Waals surface area contributed by atoms with E-state index in [1.807, 2.05) is 6.07 Å². The molecule has 0 aliphatic heterocycles. The number of aliphatic hydroxyl groups is 1. The maximum Gasteiger partial charge on any atom is 0.119 e. The molecule has 0 fully saturated rings. The first-order chi connectivity index (χ1) is 12.4. The molecule has 26 heavy (non-hydrogen) atoms. The predicted molar refractivity (Wildman–Crippen MR) is 109 cm³/mol. The predicted octanol–water partition coefficient (Wildman–Crippen LogP) is 4.91. The van der Waals surface area contributed by atoms with Gasteiger partial charge in [-0.2, -0.15) is 0 Å². The second-order valence-electron chi connectivity index (χ2n) is 7.42. The third-order valence-electron chi connectivity index (χ3n) is 4.79. The minimum absolute atomic E-state index is 0.248. The Morgan fingerprint density at radius 2 is 1.73 bits per heavy atom. The van der Waals surface area contributed by atoms with Gasteiger partial charge in [0.2, 0.25) is 0 Å². The van der Waals surface area contributed by atoms with Gasteiger partial charge >= 0.3 is 0 Å². The number of nitrogens with one attached hydrogen (secondary N) is 1. The molecule has 0 saturated carbocycles. The lowest BCUT2D eigenvalue weighted by molar-refractivity contribution is 0.103. The molecule has 0 heterocycles. The van der Waals surface area contributed by atoms with Crippen molar-refractivity contribution in [2.24, 2.45) is 0 Å². The first-order valence-corrected chi connectivity index (χ1v) is 9.62. The number of aryl methyl sites for hydroxylation is 2. The number of hydrogen-bond acceptors (Lipinski definition) is 3. The molecule has 0 aliphatic carbocycles.